The van der Waals surface area contributed by atoms with Crippen molar-refractivity contribution in [3.05, 3.63) is 59.8 Å². The van der Waals surface area contributed by atoms with Crippen molar-refractivity contribution in [3.8, 4) is 0 Å². The Labute approximate surface area is 147 Å². The molecule has 0 bridgehead atoms. The Morgan fingerprint density at radius 2 is 1.96 bits per heavy atom. The molecule has 4 rings (SSSR count). The van der Waals surface area contributed by atoms with Gasteiger partial charge in [0.25, 0.3) is 0 Å². The second-order valence-electron chi connectivity index (χ2n) is 6.38. The van der Waals surface area contributed by atoms with Crippen molar-refractivity contribution in [1.29, 1.82) is 0 Å². The third kappa shape index (κ3) is 2.79. The van der Waals surface area contributed by atoms with Crippen molar-refractivity contribution in [2.75, 3.05) is 16.8 Å². The zero-order valence-corrected chi connectivity index (χ0v) is 14.0. The van der Waals surface area contributed by atoms with Gasteiger partial charge in [0.2, 0.25) is 0 Å². The summed E-state index contributed by atoms with van der Waals surface area (Å²) in [7, 11) is 1.96. The number of carbonyl (C=O) groups excluding carboxylic acids is 1. The molecule has 26 heavy (non-hydrogen) atoms. The van der Waals surface area contributed by atoms with Gasteiger partial charge in [-0.3, -0.25) is 4.90 Å². The average Bonchev–Trinajstić information content (AvgIpc) is 3.16. The second-order valence-corrected chi connectivity index (χ2v) is 6.38. The molecule has 2 aromatic carbocycles. The number of nitrogens with one attached hydrogen (secondary N) is 1. The fourth-order valence-corrected chi connectivity index (χ4v) is 3.33. The van der Waals surface area contributed by atoms with Gasteiger partial charge in [0.05, 0.1) is 5.56 Å². The normalized spacial score (nSPS) is 13.9. The number of hydrogen-bond acceptors (Lipinski definition) is 1. The lowest BCUT2D eigenvalue weighted by Gasteiger charge is -2.19. The van der Waals surface area contributed by atoms with Gasteiger partial charge in [0, 0.05) is 42.1 Å². The van der Waals surface area contributed by atoms with Crippen LogP contribution >= 0.6 is 0 Å². The number of alkyl halides is 3. The Balaban J connectivity index is 1.60. The van der Waals surface area contributed by atoms with Crippen molar-refractivity contribution in [3.63, 3.8) is 0 Å². The van der Waals surface area contributed by atoms with Crippen molar-refractivity contribution in [2.24, 2.45) is 7.05 Å². The number of aromatic nitrogens is 1. The summed E-state index contributed by atoms with van der Waals surface area (Å²) in [6.07, 6.45) is -1.78. The van der Waals surface area contributed by atoms with Gasteiger partial charge in [-0.15, -0.1) is 0 Å². The summed E-state index contributed by atoms with van der Waals surface area (Å²) in [6.45, 7) is 0.496. The first-order chi connectivity index (χ1) is 12.3. The Bertz CT molecular complexity index is 1010. The van der Waals surface area contributed by atoms with Gasteiger partial charge >= 0.3 is 12.2 Å². The lowest BCUT2D eigenvalue weighted by molar-refractivity contribution is -0.137. The Morgan fingerprint density at radius 1 is 1.15 bits per heavy atom. The SMILES string of the molecule is Cn1ccc2cc3c(cc21)CCN3C(=O)Nc1cccc(C(F)(F)F)c1. The summed E-state index contributed by atoms with van der Waals surface area (Å²) < 4.78 is 40.5. The molecule has 0 atom stereocenters. The monoisotopic (exact) mass is 359 g/mol. The number of fused-ring (bicyclic) bond motifs is 2. The van der Waals surface area contributed by atoms with Gasteiger partial charge in [-0.1, -0.05) is 6.07 Å². The van der Waals surface area contributed by atoms with Crippen molar-refractivity contribution < 1.29 is 18.0 Å². The number of nitrogens with zero attached hydrogens (tertiary/aromatic N) is 2. The van der Waals surface area contributed by atoms with E-state index >= 15 is 0 Å². The third-order valence-corrected chi connectivity index (χ3v) is 4.67. The third-order valence-electron chi connectivity index (χ3n) is 4.67. The predicted octanol–water partition coefficient (Wildman–Crippen LogP) is 4.79. The molecule has 134 valence electrons. The maximum absolute atomic E-state index is 12.8. The van der Waals surface area contributed by atoms with Crippen molar-refractivity contribution >= 4 is 28.3 Å². The van der Waals surface area contributed by atoms with Crippen LogP contribution in [0.2, 0.25) is 0 Å². The van der Waals surface area contributed by atoms with E-state index in [1.807, 2.05) is 29.9 Å². The van der Waals surface area contributed by atoms with E-state index < -0.39 is 17.8 Å². The van der Waals surface area contributed by atoms with Crippen LogP contribution in [0.5, 0.6) is 0 Å². The minimum Gasteiger partial charge on any atom is -0.351 e. The number of halogens is 3. The Kier molecular flexibility index (Phi) is 3.68. The zero-order chi connectivity index (χ0) is 18.5. The first-order valence-electron chi connectivity index (χ1n) is 8.17. The first kappa shape index (κ1) is 16.5. The van der Waals surface area contributed by atoms with E-state index in [9.17, 15) is 18.0 Å². The fraction of sp³-hybridized carbons (Fsp3) is 0.211. The first-order valence-corrected chi connectivity index (χ1v) is 8.17. The number of aryl methyl sites for hydroxylation is 1. The van der Waals surface area contributed by atoms with Crippen LogP contribution in [0.15, 0.2) is 48.7 Å². The fourth-order valence-electron chi connectivity index (χ4n) is 3.33. The van der Waals surface area contributed by atoms with Crippen molar-refractivity contribution in [1.82, 2.24) is 4.57 Å². The lowest BCUT2D eigenvalue weighted by Crippen LogP contribution is -2.33. The number of carbonyl (C=O) groups is 1. The van der Waals surface area contributed by atoms with Crippen LogP contribution in [-0.4, -0.2) is 17.1 Å². The highest BCUT2D eigenvalue weighted by Gasteiger charge is 2.31. The largest absolute Gasteiger partial charge is 0.416 e. The van der Waals surface area contributed by atoms with Gasteiger partial charge in [0.1, 0.15) is 0 Å². The molecular formula is C19H16F3N3O. The maximum Gasteiger partial charge on any atom is 0.416 e. The van der Waals surface area contributed by atoms with Crippen LogP contribution in [0.25, 0.3) is 10.9 Å². The van der Waals surface area contributed by atoms with E-state index in [0.717, 1.165) is 34.3 Å². The van der Waals surface area contributed by atoms with E-state index in [-0.39, 0.29) is 5.69 Å². The second kappa shape index (κ2) is 5.79. The predicted molar refractivity (Wildman–Crippen MR) is 94.4 cm³/mol. The van der Waals surface area contributed by atoms with Crippen LogP contribution in [0.1, 0.15) is 11.1 Å². The molecule has 1 aliphatic heterocycles. The van der Waals surface area contributed by atoms with Gasteiger partial charge < -0.3 is 9.88 Å². The minimum absolute atomic E-state index is 0.124. The number of amides is 2. The van der Waals surface area contributed by atoms with E-state index in [0.29, 0.717) is 13.0 Å². The van der Waals surface area contributed by atoms with Gasteiger partial charge in [-0.25, -0.2) is 4.79 Å². The average molecular weight is 359 g/mol. The summed E-state index contributed by atoms with van der Waals surface area (Å²) in [6, 6.07) is 10.2. The molecule has 1 aliphatic rings. The molecule has 0 radical (unpaired) electrons. The van der Waals surface area contributed by atoms with Crippen molar-refractivity contribution in [2.45, 2.75) is 12.6 Å². The number of hydrogen-bond donors (Lipinski definition) is 1. The summed E-state index contributed by atoms with van der Waals surface area (Å²) in [5, 5.41) is 3.59. The molecule has 1 N–H and O–H groups in total. The molecule has 0 spiro atoms. The maximum atomic E-state index is 12.8. The molecule has 0 saturated carbocycles. The molecule has 0 fully saturated rings. The highest BCUT2D eigenvalue weighted by molar-refractivity contribution is 6.04. The summed E-state index contributed by atoms with van der Waals surface area (Å²) in [5.41, 5.74) is 2.28. The molecule has 0 unspecified atom stereocenters. The van der Waals surface area contributed by atoms with Crippen LogP contribution in [0.4, 0.5) is 29.3 Å². The molecule has 1 aromatic heterocycles. The quantitative estimate of drug-likeness (QED) is 0.666. The number of anilines is 2. The summed E-state index contributed by atoms with van der Waals surface area (Å²) in [4.78, 5) is 14.2. The van der Waals surface area contributed by atoms with Crippen LogP contribution in [-0.2, 0) is 19.6 Å². The topological polar surface area (TPSA) is 37.3 Å². The number of benzene rings is 2. The molecule has 2 amide bonds. The molecule has 7 heteroatoms. The highest BCUT2D eigenvalue weighted by Crippen LogP contribution is 2.34. The van der Waals surface area contributed by atoms with Gasteiger partial charge in [0.15, 0.2) is 0 Å². The van der Waals surface area contributed by atoms with Crippen LogP contribution < -0.4 is 10.2 Å². The van der Waals surface area contributed by atoms with E-state index in [4.69, 9.17) is 0 Å². The smallest absolute Gasteiger partial charge is 0.351 e. The van der Waals surface area contributed by atoms with Gasteiger partial charge in [-0.2, -0.15) is 13.2 Å². The van der Waals surface area contributed by atoms with Crippen LogP contribution in [0, 0.1) is 0 Å². The number of rotatable bonds is 1. The summed E-state index contributed by atoms with van der Waals surface area (Å²) in [5.74, 6) is 0. The molecule has 2 heterocycles. The number of urea groups is 1. The minimum atomic E-state index is -4.44. The molecular weight excluding hydrogens is 343 g/mol. The Morgan fingerprint density at radius 3 is 2.73 bits per heavy atom. The standard InChI is InChI=1S/C19H16F3N3O/c1-24-7-5-12-10-17-13(9-16(12)24)6-8-25(17)18(26)23-15-4-2-3-14(11-15)19(20,21)22/h2-5,7,9-11H,6,8H2,1H3,(H,23,26). The lowest BCUT2D eigenvalue weighted by atomic mass is 10.1. The molecule has 0 saturated heterocycles. The van der Waals surface area contributed by atoms with Crippen LogP contribution in [0.3, 0.4) is 0 Å². The van der Waals surface area contributed by atoms with E-state index in [1.165, 1.54) is 12.1 Å². The molecule has 4 nitrogen and oxygen atoms in total. The zero-order valence-electron chi connectivity index (χ0n) is 14.0. The summed E-state index contributed by atoms with van der Waals surface area (Å²) >= 11 is 0. The van der Waals surface area contributed by atoms with Gasteiger partial charge in [-0.05, 0) is 48.4 Å². The van der Waals surface area contributed by atoms with E-state index in [1.54, 1.807) is 4.90 Å². The molecule has 3 aromatic rings. The highest BCUT2D eigenvalue weighted by atomic mass is 19.4. The molecule has 0 aliphatic carbocycles. The Hall–Kier alpha value is -2.96. The van der Waals surface area contributed by atoms with E-state index in [2.05, 4.69) is 11.4 Å².